The van der Waals surface area contributed by atoms with Crippen LogP contribution in [-0.2, 0) is 17.9 Å². The predicted octanol–water partition coefficient (Wildman–Crippen LogP) is 6.72. The fourth-order valence-electron chi connectivity index (χ4n) is 4.76. The second kappa shape index (κ2) is 9.70. The van der Waals surface area contributed by atoms with Crippen LogP contribution in [0.5, 0.6) is 0 Å². The summed E-state index contributed by atoms with van der Waals surface area (Å²) in [5.74, 6) is -0.807. The molecule has 1 fully saturated rings. The minimum atomic E-state index is -0.807. The average Bonchev–Trinajstić information content (AvgIpc) is 2.81. The molecule has 9 heteroatoms. The molecule has 1 atom stereocenters. The third kappa shape index (κ3) is 4.59. The lowest BCUT2D eigenvalue weighted by molar-refractivity contribution is -0.139. The first kappa shape index (κ1) is 23.9. The van der Waals surface area contributed by atoms with Crippen LogP contribution in [0, 0.1) is 0 Å². The number of nitrogens with zero attached hydrogens (tertiary/aromatic N) is 2. The molecule has 5 rings (SSSR count). The minimum Gasteiger partial charge on any atom is -0.481 e. The van der Waals surface area contributed by atoms with Crippen molar-refractivity contribution < 1.29 is 14.7 Å². The Balaban J connectivity index is 1.66. The van der Waals surface area contributed by atoms with Crippen molar-refractivity contribution in [2.75, 3.05) is 11.4 Å². The van der Waals surface area contributed by atoms with Gasteiger partial charge in [0.15, 0.2) is 0 Å². The van der Waals surface area contributed by atoms with E-state index in [1.165, 1.54) is 4.90 Å². The number of urea groups is 1. The SMILES string of the molecule is O=C(O)CC1CCN1Cc1cc(-c2ccccc2Cl)c2c(c1)N(c1c(Cl)cccc1Cl)C(=O)NC2. The van der Waals surface area contributed by atoms with Crippen LogP contribution >= 0.6 is 34.8 Å². The van der Waals surface area contributed by atoms with Crippen LogP contribution in [0.15, 0.2) is 54.6 Å². The number of benzene rings is 3. The highest BCUT2D eigenvalue weighted by Crippen LogP contribution is 2.45. The molecule has 0 saturated carbocycles. The monoisotopic (exact) mass is 529 g/mol. The summed E-state index contributed by atoms with van der Waals surface area (Å²) >= 11 is 19.6. The number of fused-ring (bicyclic) bond motifs is 1. The van der Waals surface area contributed by atoms with Gasteiger partial charge >= 0.3 is 12.0 Å². The van der Waals surface area contributed by atoms with E-state index < -0.39 is 5.97 Å². The molecule has 2 N–H and O–H groups in total. The van der Waals surface area contributed by atoms with E-state index in [0.717, 1.165) is 35.2 Å². The number of amides is 2. The number of carbonyl (C=O) groups excluding carboxylic acids is 1. The molecular weight excluding hydrogens is 509 g/mol. The van der Waals surface area contributed by atoms with Crippen molar-refractivity contribution in [3.8, 4) is 11.1 Å². The van der Waals surface area contributed by atoms with Gasteiger partial charge in [-0.25, -0.2) is 4.79 Å². The van der Waals surface area contributed by atoms with Gasteiger partial charge in [-0.05, 0) is 47.9 Å². The summed E-state index contributed by atoms with van der Waals surface area (Å²) in [4.78, 5) is 28.1. The number of carboxylic acids is 1. The summed E-state index contributed by atoms with van der Waals surface area (Å²) in [7, 11) is 0. The van der Waals surface area contributed by atoms with Crippen LogP contribution in [0.1, 0.15) is 24.0 Å². The highest BCUT2D eigenvalue weighted by Gasteiger charge is 2.33. The fraction of sp³-hybridized carbons (Fsp3) is 0.231. The molecule has 2 heterocycles. The molecular formula is C26H22Cl3N3O3. The summed E-state index contributed by atoms with van der Waals surface area (Å²) in [6.07, 6.45) is 0.949. The maximum Gasteiger partial charge on any atom is 0.326 e. The van der Waals surface area contributed by atoms with Gasteiger partial charge in [0.05, 0.1) is 27.8 Å². The van der Waals surface area contributed by atoms with Crippen molar-refractivity contribution in [3.05, 3.63) is 80.8 Å². The Morgan fingerprint density at radius 2 is 1.71 bits per heavy atom. The van der Waals surface area contributed by atoms with Gasteiger partial charge < -0.3 is 10.4 Å². The molecule has 0 bridgehead atoms. The van der Waals surface area contributed by atoms with Crippen LogP contribution < -0.4 is 10.2 Å². The number of para-hydroxylation sites is 1. The lowest BCUT2D eigenvalue weighted by atomic mass is 9.92. The zero-order chi connectivity index (χ0) is 24.7. The Morgan fingerprint density at radius 3 is 2.37 bits per heavy atom. The van der Waals surface area contributed by atoms with Crippen molar-refractivity contribution in [1.29, 1.82) is 0 Å². The Kier molecular flexibility index (Phi) is 6.64. The molecule has 6 nitrogen and oxygen atoms in total. The minimum absolute atomic E-state index is 0.00953. The summed E-state index contributed by atoms with van der Waals surface area (Å²) in [6.45, 7) is 1.68. The summed E-state index contributed by atoms with van der Waals surface area (Å²) in [6, 6.07) is 16.4. The van der Waals surface area contributed by atoms with Crippen LogP contribution in [-0.4, -0.2) is 34.6 Å². The number of nitrogens with one attached hydrogen (secondary N) is 1. The Bertz CT molecular complexity index is 1310. The van der Waals surface area contributed by atoms with Crippen molar-refractivity contribution in [3.63, 3.8) is 0 Å². The zero-order valence-electron chi connectivity index (χ0n) is 18.6. The normalized spacial score (nSPS) is 17.5. The maximum absolute atomic E-state index is 13.1. The van der Waals surface area contributed by atoms with Gasteiger partial charge in [0.1, 0.15) is 0 Å². The van der Waals surface area contributed by atoms with Gasteiger partial charge in [0.2, 0.25) is 0 Å². The zero-order valence-corrected chi connectivity index (χ0v) is 20.9. The first-order chi connectivity index (χ1) is 16.8. The van der Waals surface area contributed by atoms with Gasteiger partial charge in [-0.3, -0.25) is 14.6 Å². The molecule has 3 aromatic rings. The van der Waals surface area contributed by atoms with Gasteiger partial charge in [0.25, 0.3) is 0 Å². The lowest BCUT2D eigenvalue weighted by Crippen LogP contribution is -2.48. The number of rotatable bonds is 6. The number of anilines is 2. The van der Waals surface area contributed by atoms with E-state index >= 15 is 0 Å². The Hall–Kier alpha value is -2.77. The highest BCUT2D eigenvalue weighted by molar-refractivity contribution is 6.40. The van der Waals surface area contributed by atoms with Crippen LogP contribution in [0.25, 0.3) is 11.1 Å². The van der Waals surface area contributed by atoms with E-state index in [-0.39, 0.29) is 18.5 Å². The van der Waals surface area contributed by atoms with Gasteiger partial charge in [-0.1, -0.05) is 59.1 Å². The van der Waals surface area contributed by atoms with Crippen LogP contribution in [0.2, 0.25) is 15.1 Å². The molecule has 2 aliphatic heterocycles. The molecule has 0 aromatic heterocycles. The molecule has 0 radical (unpaired) electrons. The first-order valence-electron chi connectivity index (χ1n) is 11.2. The van der Waals surface area contributed by atoms with E-state index in [0.29, 0.717) is 39.5 Å². The molecule has 0 aliphatic carbocycles. The van der Waals surface area contributed by atoms with Crippen molar-refractivity contribution in [1.82, 2.24) is 10.2 Å². The van der Waals surface area contributed by atoms with Gasteiger partial charge in [-0.2, -0.15) is 0 Å². The van der Waals surface area contributed by atoms with Crippen LogP contribution in [0.4, 0.5) is 16.2 Å². The Morgan fingerprint density at radius 1 is 1.00 bits per heavy atom. The summed E-state index contributed by atoms with van der Waals surface area (Å²) in [5, 5.41) is 13.5. The number of halogens is 3. The number of hydrogen-bond donors (Lipinski definition) is 2. The molecule has 3 aromatic carbocycles. The van der Waals surface area contributed by atoms with Crippen LogP contribution in [0.3, 0.4) is 0 Å². The van der Waals surface area contributed by atoms with Crippen molar-refractivity contribution >= 4 is 58.2 Å². The molecule has 0 spiro atoms. The topological polar surface area (TPSA) is 72.9 Å². The summed E-state index contributed by atoms with van der Waals surface area (Å²) in [5.41, 5.74) is 4.65. The molecule has 2 amide bonds. The van der Waals surface area contributed by atoms with Gasteiger partial charge in [-0.15, -0.1) is 0 Å². The smallest absolute Gasteiger partial charge is 0.326 e. The second-order valence-electron chi connectivity index (χ2n) is 8.70. The van der Waals surface area contributed by atoms with Crippen molar-refractivity contribution in [2.24, 2.45) is 0 Å². The predicted molar refractivity (Wildman–Crippen MR) is 139 cm³/mol. The lowest BCUT2D eigenvalue weighted by Gasteiger charge is -2.41. The fourth-order valence-corrected chi connectivity index (χ4v) is 5.56. The van der Waals surface area contributed by atoms with E-state index in [9.17, 15) is 14.7 Å². The van der Waals surface area contributed by atoms with Crippen molar-refractivity contribution in [2.45, 2.75) is 32.0 Å². The second-order valence-corrected chi connectivity index (χ2v) is 9.92. The number of hydrogen-bond acceptors (Lipinski definition) is 3. The maximum atomic E-state index is 13.1. The third-order valence-electron chi connectivity index (χ3n) is 6.53. The largest absolute Gasteiger partial charge is 0.481 e. The molecule has 2 aliphatic rings. The van der Waals surface area contributed by atoms with E-state index in [4.69, 9.17) is 34.8 Å². The molecule has 35 heavy (non-hydrogen) atoms. The first-order valence-corrected chi connectivity index (χ1v) is 12.4. The number of carbonyl (C=O) groups is 2. The summed E-state index contributed by atoms with van der Waals surface area (Å²) < 4.78 is 0. The van der Waals surface area contributed by atoms with E-state index in [1.54, 1.807) is 18.2 Å². The molecule has 180 valence electrons. The number of likely N-dealkylation sites (tertiary alicyclic amines) is 1. The quantitative estimate of drug-likeness (QED) is 0.371. The van der Waals surface area contributed by atoms with E-state index in [2.05, 4.69) is 16.3 Å². The highest BCUT2D eigenvalue weighted by atomic mass is 35.5. The van der Waals surface area contributed by atoms with E-state index in [1.807, 2.05) is 30.3 Å². The Labute approximate surface area is 218 Å². The molecule has 1 unspecified atom stereocenters. The van der Waals surface area contributed by atoms with Gasteiger partial charge in [0, 0.05) is 41.8 Å². The average molecular weight is 531 g/mol. The molecule has 1 saturated heterocycles. The standard InChI is InChI=1S/C26H22Cl3N3O3/c27-20-5-2-1-4-17(20)18-10-15(14-31-9-8-16(31)12-24(33)34)11-23-19(18)13-30-26(35)32(23)25-21(28)6-3-7-22(25)29/h1-7,10-11,16H,8-9,12-14H2,(H,30,35)(H,33,34). The third-order valence-corrected chi connectivity index (χ3v) is 7.47. The number of aliphatic carboxylic acids is 1. The number of carboxylic acid groups (broad SMARTS) is 1.